The third-order valence-corrected chi connectivity index (χ3v) is 6.11. The van der Waals surface area contributed by atoms with E-state index in [2.05, 4.69) is 20.1 Å². The molecule has 2 amide bonds. The first kappa shape index (κ1) is 21.5. The van der Waals surface area contributed by atoms with Crippen molar-refractivity contribution in [2.45, 2.75) is 45.2 Å². The lowest BCUT2D eigenvalue weighted by Crippen LogP contribution is -2.35. The molecule has 8 nitrogen and oxygen atoms in total. The Morgan fingerprint density at radius 1 is 1.09 bits per heavy atom. The Hall–Kier alpha value is -3.33. The Kier molecular flexibility index (Phi) is 6.04. The average molecular weight is 472 g/mol. The summed E-state index contributed by atoms with van der Waals surface area (Å²) in [6, 6.07) is 8.94. The van der Waals surface area contributed by atoms with Gasteiger partial charge in [-0.05, 0) is 43.2 Å². The third-order valence-electron chi connectivity index (χ3n) is 5.82. The average Bonchev–Trinajstić information content (AvgIpc) is 3.40. The molecule has 0 bridgehead atoms. The highest BCUT2D eigenvalue weighted by Crippen LogP contribution is 2.36. The Bertz CT molecular complexity index is 1180. The summed E-state index contributed by atoms with van der Waals surface area (Å²) in [6.07, 6.45) is 5.35. The zero-order valence-electron chi connectivity index (χ0n) is 17.9. The second-order valence-corrected chi connectivity index (χ2v) is 8.44. The summed E-state index contributed by atoms with van der Waals surface area (Å²) in [5, 5.41) is 11.5. The van der Waals surface area contributed by atoms with E-state index < -0.39 is 11.8 Å². The van der Waals surface area contributed by atoms with Crippen LogP contribution in [0.3, 0.4) is 0 Å². The number of urea groups is 1. The van der Waals surface area contributed by atoms with Crippen LogP contribution in [0.5, 0.6) is 11.5 Å². The summed E-state index contributed by atoms with van der Waals surface area (Å²) in [4.78, 5) is 14.9. The quantitative estimate of drug-likeness (QED) is 0.568. The molecule has 5 rings (SSSR count). The number of nitrogens with zero attached hydrogens (tertiary/aromatic N) is 4. The molecule has 2 aliphatic heterocycles. The smallest absolute Gasteiger partial charge is 0.326 e. The Labute approximate surface area is 195 Å². The maximum Gasteiger partial charge on any atom is 0.326 e. The minimum absolute atomic E-state index is 0.0683. The number of anilines is 2. The normalized spacial score (nSPS) is 14.8. The van der Waals surface area contributed by atoms with Gasteiger partial charge in [-0.25, -0.2) is 9.18 Å². The summed E-state index contributed by atoms with van der Waals surface area (Å²) in [6.45, 7) is 1.16. The summed E-state index contributed by atoms with van der Waals surface area (Å²) < 4.78 is 26.6. The fourth-order valence-electron chi connectivity index (χ4n) is 4.08. The zero-order valence-corrected chi connectivity index (χ0v) is 18.6. The van der Waals surface area contributed by atoms with Crippen molar-refractivity contribution in [3.05, 3.63) is 58.9 Å². The van der Waals surface area contributed by atoms with Gasteiger partial charge >= 0.3 is 6.03 Å². The van der Waals surface area contributed by atoms with E-state index >= 15 is 0 Å². The SMILES string of the molecule is O=C(Nc1ccc(F)c(Cl)c1)N(Cc1nnc2n1CCCCCC2)c1ccc2c(c1)OCO2. The van der Waals surface area contributed by atoms with Gasteiger partial charge in [0.1, 0.15) is 11.6 Å². The van der Waals surface area contributed by atoms with Crippen molar-refractivity contribution in [3.8, 4) is 11.5 Å². The fraction of sp³-hybridized carbons (Fsp3) is 0.348. The van der Waals surface area contributed by atoms with Crippen molar-refractivity contribution < 1.29 is 18.7 Å². The van der Waals surface area contributed by atoms with Gasteiger partial charge in [0, 0.05) is 30.4 Å². The molecule has 0 saturated heterocycles. The van der Waals surface area contributed by atoms with Gasteiger partial charge in [-0.3, -0.25) is 4.90 Å². The van der Waals surface area contributed by atoms with Crippen LogP contribution in [0.2, 0.25) is 5.02 Å². The standard InChI is InChI=1S/C23H23ClFN5O3/c24-17-11-15(6-8-18(17)25)26-23(31)30(16-7-9-19-20(12-16)33-14-32-19)13-22-28-27-21-5-3-1-2-4-10-29(21)22/h6-9,11-12H,1-5,10,13-14H2,(H,26,31). The number of nitrogens with one attached hydrogen (secondary N) is 1. The van der Waals surface area contributed by atoms with Crippen LogP contribution in [0.15, 0.2) is 36.4 Å². The van der Waals surface area contributed by atoms with Crippen LogP contribution in [0.25, 0.3) is 0 Å². The molecule has 2 aliphatic rings. The van der Waals surface area contributed by atoms with Crippen molar-refractivity contribution in [1.82, 2.24) is 14.8 Å². The van der Waals surface area contributed by atoms with E-state index in [1.54, 1.807) is 23.1 Å². The fourth-order valence-corrected chi connectivity index (χ4v) is 4.26. The number of halogens is 2. The Balaban J connectivity index is 1.46. The van der Waals surface area contributed by atoms with E-state index in [0.717, 1.165) is 38.1 Å². The van der Waals surface area contributed by atoms with Gasteiger partial charge in [0.05, 0.1) is 11.6 Å². The summed E-state index contributed by atoms with van der Waals surface area (Å²) in [7, 11) is 0. The highest BCUT2D eigenvalue weighted by atomic mass is 35.5. The van der Waals surface area contributed by atoms with Crippen LogP contribution in [0, 0.1) is 5.82 Å². The number of aromatic nitrogens is 3. The van der Waals surface area contributed by atoms with Crippen molar-refractivity contribution >= 4 is 29.0 Å². The molecular weight excluding hydrogens is 449 g/mol. The molecule has 1 N–H and O–H groups in total. The lowest BCUT2D eigenvalue weighted by Gasteiger charge is -2.24. The number of hydrogen-bond acceptors (Lipinski definition) is 5. The van der Waals surface area contributed by atoms with Crippen LogP contribution in [-0.2, 0) is 19.5 Å². The number of benzene rings is 2. The highest BCUT2D eigenvalue weighted by molar-refractivity contribution is 6.31. The van der Waals surface area contributed by atoms with Gasteiger partial charge in [0.25, 0.3) is 0 Å². The van der Waals surface area contributed by atoms with Crippen LogP contribution in [0.1, 0.15) is 37.3 Å². The first-order valence-electron chi connectivity index (χ1n) is 10.9. The first-order chi connectivity index (χ1) is 16.1. The number of carbonyl (C=O) groups excluding carboxylic acids is 1. The van der Waals surface area contributed by atoms with Crippen molar-refractivity contribution in [1.29, 1.82) is 0 Å². The van der Waals surface area contributed by atoms with Crippen molar-refractivity contribution in [3.63, 3.8) is 0 Å². The topological polar surface area (TPSA) is 81.5 Å². The number of ether oxygens (including phenoxy) is 2. The van der Waals surface area contributed by atoms with Gasteiger partial charge in [-0.2, -0.15) is 0 Å². The van der Waals surface area contributed by atoms with E-state index in [1.165, 1.54) is 24.6 Å². The molecule has 0 unspecified atom stereocenters. The van der Waals surface area contributed by atoms with Gasteiger partial charge in [-0.15, -0.1) is 10.2 Å². The van der Waals surface area contributed by atoms with Crippen molar-refractivity contribution in [2.24, 2.45) is 0 Å². The molecule has 0 saturated carbocycles. The summed E-state index contributed by atoms with van der Waals surface area (Å²) >= 11 is 5.89. The van der Waals surface area contributed by atoms with Gasteiger partial charge in [-0.1, -0.05) is 24.4 Å². The van der Waals surface area contributed by atoms with Crippen LogP contribution in [-0.4, -0.2) is 27.6 Å². The Morgan fingerprint density at radius 3 is 2.82 bits per heavy atom. The largest absolute Gasteiger partial charge is 0.454 e. The minimum atomic E-state index is -0.552. The molecule has 0 spiro atoms. The van der Waals surface area contributed by atoms with Crippen LogP contribution < -0.4 is 19.7 Å². The molecule has 172 valence electrons. The van der Waals surface area contributed by atoms with Gasteiger partial charge in [0.2, 0.25) is 6.79 Å². The number of rotatable bonds is 4. The molecular formula is C23H23ClFN5O3. The molecule has 33 heavy (non-hydrogen) atoms. The van der Waals surface area contributed by atoms with E-state index in [1.807, 2.05) is 0 Å². The van der Waals surface area contributed by atoms with Crippen molar-refractivity contribution in [2.75, 3.05) is 17.0 Å². The molecule has 1 aromatic heterocycles. The van der Waals surface area contributed by atoms with E-state index in [0.29, 0.717) is 28.7 Å². The van der Waals surface area contributed by atoms with E-state index in [9.17, 15) is 9.18 Å². The van der Waals surface area contributed by atoms with E-state index in [4.69, 9.17) is 21.1 Å². The molecule has 10 heteroatoms. The second-order valence-electron chi connectivity index (χ2n) is 8.03. The lowest BCUT2D eigenvalue weighted by molar-refractivity contribution is 0.174. The number of fused-ring (bicyclic) bond motifs is 2. The predicted octanol–water partition coefficient (Wildman–Crippen LogP) is 5.15. The Morgan fingerprint density at radius 2 is 1.94 bits per heavy atom. The molecule has 0 atom stereocenters. The maximum absolute atomic E-state index is 13.6. The van der Waals surface area contributed by atoms with Crippen LogP contribution in [0.4, 0.5) is 20.6 Å². The molecule has 2 aromatic carbocycles. The van der Waals surface area contributed by atoms with E-state index in [-0.39, 0.29) is 18.4 Å². The minimum Gasteiger partial charge on any atom is -0.454 e. The number of aryl methyl sites for hydroxylation is 1. The molecule has 3 aromatic rings. The number of hydrogen-bond donors (Lipinski definition) is 1. The zero-order chi connectivity index (χ0) is 22.8. The molecule has 0 radical (unpaired) electrons. The third kappa shape index (κ3) is 4.59. The maximum atomic E-state index is 13.6. The van der Waals surface area contributed by atoms with Gasteiger partial charge < -0.3 is 19.4 Å². The second kappa shape index (κ2) is 9.27. The monoisotopic (exact) mass is 471 g/mol. The predicted molar refractivity (Wildman–Crippen MR) is 121 cm³/mol. The lowest BCUT2D eigenvalue weighted by atomic mass is 10.1. The van der Waals surface area contributed by atoms with Gasteiger partial charge in [0.15, 0.2) is 17.3 Å². The molecule has 0 fully saturated rings. The number of carbonyl (C=O) groups is 1. The summed E-state index contributed by atoms with van der Waals surface area (Å²) in [5.74, 6) is 2.28. The van der Waals surface area contributed by atoms with Crippen LogP contribution >= 0.6 is 11.6 Å². The number of amides is 2. The molecule has 3 heterocycles. The molecule has 0 aliphatic carbocycles. The highest BCUT2D eigenvalue weighted by Gasteiger charge is 2.24. The first-order valence-corrected chi connectivity index (χ1v) is 11.3. The summed E-state index contributed by atoms with van der Waals surface area (Å²) in [5.41, 5.74) is 0.988.